The molecule has 12 heteroatoms. The topological polar surface area (TPSA) is 133 Å². The molecule has 1 heterocycles. The second-order valence-corrected chi connectivity index (χ2v) is 14.5. The lowest BCUT2D eigenvalue weighted by Gasteiger charge is -2.32. The maximum Gasteiger partial charge on any atom is 0.498 e. The molecule has 3 aromatic carbocycles. The molecule has 0 bridgehead atoms. The SMILES string of the molecule is COc1ccc(C[C@H](NC(=O)[C@H](Cc2ccc(O)cc2)N(C)C(=O)OC(C)(C)C)C(=O)OCc2ccccc2)cc1B1OC(C)(C)C(C)(C)O1. The van der Waals surface area contributed by atoms with Crippen molar-refractivity contribution in [3.63, 3.8) is 0 Å². The van der Waals surface area contributed by atoms with Crippen LogP contribution in [0.25, 0.3) is 0 Å². The number of nitrogens with zero attached hydrogens (tertiary/aromatic N) is 1. The fourth-order valence-corrected chi connectivity index (χ4v) is 5.31. The fourth-order valence-electron chi connectivity index (χ4n) is 5.31. The molecule has 0 saturated carbocycles. The van der Waals surface area contributed by atoms with Crippen molar-refractivity contribution < 1.29 is 43.0 Å². The summed E-state index contributed by atoms with van der Waals surface area (Å²) in [6.45, 7) is 13.0. The summed E-state index contributed by atoms with van der Waals surface area (Å²) in [6.07, 6.45) is -0.568. The maximum atomic E-state index is 14.1. The number of nitrogens with one attached hydrogen (secondary N) is 1. The van der Waals surface area contributed by atoms with Crippen LogP contribution in [0.2, 0.25) is 0 Å². The van der Waals surface area contributed by atoms with Crippen molar-refractivity contribution in [2.45, 2.75) is 96.8 Å². The standard InChI is InChI=1S/C38H49BN2O9/c1-36(2,3)48-35(45)41(8)31(23-25-15-18-28(42)19-16-25)33(43)40-30(34(44)47-24-26-13-11-10-12-14-26)22-27-17-20-32(46-9)29(21-27)39-49-37(4,5)38(6,7)50-39/h10-21,30-31,42H,22-24H2,1-9H3,(H,40,43)/t30-,31-/m0/s1. The van der Waals surface area contributed by atoms with E-state index in [1.165, 1.54) is 24.1 Å². The lowest BCUT2D eigenvalue weighted by molar-refractivity contribution is -0.149. The van der Waals surface area contributed by atoms with Crippen molar-refractivity contribution in [1.29, 1.82) is 0 Å². The molecule has 11 nitrogen and oxygen atoms in total. The average molecular weight is 689 g/mol. The summed E-state index contributed by atoms with van der Waals surface area (Å²) in [5.74, 6) is -0.630. The number of amides is 2. The zero-order valence-electron chi connectivity index (χ0n) is 30.4. The Hall–Kier alpha value is -4.55. The predicted molar refractivity (Wildman–Crippen MR) is 190 cm³/mol. The van der Waals surface area contributed by atoms with Gasteiger partial charge in [0.15, 0.2) is 0 Å². The number of rotatable bonds is 12. The number of carbonyl (C=O) groups is 3. The highest BCUT2D eigenvalue weighted by Gasteiger charge is 2.52. The van der Waals surface area contributed by atoms with Crippen molar-refractivity contribution in [2.24, 2.45) is 0 Å². The molecular weight excluding hydrogens is 639 g/mol. The van der Waals surface area contributed by atoms with Crippen LogP contribution in [0.1, 0.15) is 65.2 Å². The van der Waals surface area contributed by atoms with Crippen LogP contribution < -0.4 is 15.5 Å². The smallest absolute Gasteiger partial charge is 0.498 e. The zero-order valence-corrected chi connectivity index (χ0v) is 30.4. The summed E-state index contributed by atoms with van der Waals surface area (Å²) in [4.78, 5) is 42.3. The lowest BCUT2D eigenvalue weighted by Crippen LogP contribution is -2.54. The van der Waals surface area contributed by atoms with E-state index in [0.29, 0.717) is 22.3 Å². The van der Waals surface area contributed by atoms with Crippen LogP contribution >= 0.6 is 0 Å². The largest absolute Gasteiger partial charge is 0.508 e. The Bertz CT molecular complexity index is 1620. The minimum Gasteiger partial charge on any atom is -0.508 e. The maximum absolute atomic E-state index is 14.1. The number of esters is 1. The highest BCUT2D eigenvalue weighted by Crippen LogP contribution is 2.37. The molecule has 0 aromatic heterocycles. The third-order valence-corrected chi connectivity index (χ3v) is 8.88. The molecular formula is C38H49BN2O9. The van der Waals surface area contributed by atoms with Crippen molar-refractivity contribution >= 4 is 30.6 Å². The van der Waals surface area contributed by atoms with Gasteiger partial charge in [-0.1, -0.05) is 54.6 Å². The highest BCUT2D eigenvalue weighted by molar-refractivity contribution is 6.63. The third kappa shape index (κ3) is 9.79. The fraction of sp³-hybridized carbons (Fsp3) is 0.447. The Morgan fingerprint density at radius 1 is 0.880 bits per heavy atom. The number of benzene rings is 3. The second kappa shape index (κ2) is 15.6. The minimum atomic E-state index is -1.14. The molecule has 1 aliphatic heterocycles. The molecule has 1 fully saturated rings. The van der Waals surface area contributed by atoms with Gasteiger partial charge in [0, 0.05) is 25.4 Å². The van der Waals surface area contributed by atoms with Gasteiger partial charge in [-0.3, -0.25) is 9.69 Å². The van der Waals surface area contributed by atoms with Crippen LogP contribution in [0.5, 0.6) is 11.5 Å². The van der Waals surface area contributed by atoms with E-state index in [0.717, 1.165) is 5.56 Å². The van der Waals surface area contributed by atoms with Gasteiger partial charge in [0.05, 0.1) is 18.3 Å². The number of hydrogen-bond donors (Lipinski definition) is 2. The molecule has 1 saturated heterocycles. The molecule has 2 N–H and O–H groups in total. The molecule has 50 heavy (non-hydrogen) atoms. The van der Waals surface area contributed by atoms with Crippen LogP contribution in [0.3, 0.4) is 0 Å². The quantitative estimate of drug-likeness (QED) is 0.200. The van der Waals surface area contributed by atoms with Crippen molar-refractivity contribution in [3.8, 4) is 11.5 Å². The van der Waals surface area contributed by atoms with E-state index >= 15 is 0 Å². The summed E-state index contributed by atoms with van der Waals surface area (Å²) in [7, 11) is 2.30. The number of aromatic hydroxyl groups is 1. The van der Waals surface area contributed by atoms with E-state index in [-0.39, 0.29) is 25.2 Å². The number of phenols is 1. The van der Waals surface area contributed by atoms with Gasteiger partial charge in [0.2, 0.25) is 5.91 Å². The normalized spacial score (nSPS) is 16.2. The lowest BCUT2D eigenvalue weighted by atomic mass is 9.77. The Balaban J connectivity index is 1.65. The van der Waals surface area contributed by atoms with Crippen molar-refractivity contribution in [3.05, 3.63) is 89.5 Å². The van der Waals surface area contributed by atoms with Gasteiger partial charge in [0.25, 0.3) is 0 Å². The van der Waals surface area contributed by atoms with Crippen LogP contribution in [-0.4, -0.2) is 78.1 Å². The molecule has 0 aliphatic carbocycles. The van der Waals surface area contributed by atoms with Gasteiger partial charge in [-0.05, 0) is 83.4 Å². The highest BCUT2D eigenvalue weighted by atomic mass is 16.7. The Kier molecular flexibility index (Phi) is 11.9. The molecule has 1 aliphatic rings. The van der Waals surface area contributed by atoms with Crippen molar-refractivity contribution in [1.82, 2.24) is 10.2 Å². The number of phenolic OH excluding ortho intramolecular Hbond substituents is 1. The summed E-state index contributed by atoms with van der Waals surface area (Å²) in [5, 5.41) is 12.7. The summed E-state index contributed by atoms with van der Waals surface area (Å²) < 4.78 is 29.5. The monoisotopic (exact) mass is 688 g/mol. The van der Waals surface area contributed by atoms with E-state index in [1.54, 1.807) is 52.1 Å². The molecule has 0 spiro atoms. The molecule has 268 valence electrons. The zero-order chi connectivity index (χ0) is 36.9. The Morgan fingerprint density at radius 3 is 2.06 bits per heavy atom. The first-order valence-corrected chi connectivity index (χ1v) is 16.7. The number of ether oxygens (including phenoxy) is 3. The van der Waals surface area contributed by atoms with E-state index in [1.807, 2.05) is 64.1 Å². The van der Waals surface area contributed by atoms with Gasteiger partial charge < -0.3 is 33.9 Å². The Labute approximate surface area is 295 Å². The van der Waals surface area contributed by atoms with E-state index in [4.69, 9.17) is 23.5 Å². The van der Waals surface area contributed by atoms with Crippen molar-refractivity contribution in [2.75, 3.05) is 14.2 Å². The van der Waals surface area contributed by atoms with Gasteiger partial charge in [-0.15, -0.1) is 0 Å². The summed E-state index contributed by atoms with van der Waals surface area (Å²) >= 11 is 0. The van der Waals surface area contributed by atoms with Crippen LogP contribution in [0.15, 0.2) is 72.8 Å². The third-order valence-electron chi connectivity index (χ3n) is 8.88. The molecule has 3 aromatic rings. The molecule has 2 amide bonds. The molecule has 0 radical (unpaired) electrons. The van der Waals surface area contributed by atoms with Gasteiger partial charge in [-0.25, -0.2) is 9.59 Å². The first kappa shape index (κ1) is 38.3. The number of likely N-dealkylation sites (N-methyl/N-ethyl adjacent to an activating group) is 1. The number of hydrogen-bond acceptors (Lipinski definition) is 9. The van der Waals surface area contributed by atoms with Crippen LogP contribution in [0, 0.1) is 0 Å². The Morgan fingerprint density at radius 2 is 1.48 bits per heavy atom. The second-order valence-electron chi connectivity index (χ2n) is 14.5. The first-order chi connectivity index (χ1) is 23.4. The van der Waals surface area contributed by atoms with Gasteiger partial charge in [0.1, 0.15) is 35.8 Å². The van der Waals surface area contributed by atoms with Gasteiger partial charge in [-0.2, -0.15) is 0 Å². The van der Waals surface area contributed by atoms with Crippen LogP contribution in [0.4, 0.5) is 4.79 Å². The van der Waals surface area contributed by atoms with E-state index < -0.39 is 54.0 Å². The minimum absolute atomic E-state index is 0.00255. The van der Waals surface area contributed by atoms with E-state index in [2.05, 4.69) is 5.32 Å². The van der Waals surface area contributed by atoms with E-state index in [9.17, 15) is 19.5 Å². The summed E-state index contributed by atoms with van der Waals surface area (Å²) in [6, 6.07) is 18.8. The molecule has 2 atom stereocenters. The first-order valence-electron chi connectivity index (χ1n) is 16.7. The van der Waals surface area contributed by atoms with Crippen LogP contribution in [-0.2, 0) is 47.8 Å². The molecule has 4 rings (SSSR count). The summed E-state index contributed by atoms with van der Waals surface area (Å²) in [5.41, 5.74) is 0.802. The number of methoxy groups -OCH3 is 1. The predicted octanol–water partition coefficient (Wildman–Crippen LogP) is 4.95. The van der Waals surface area contributed by atoms with Gasteiger partial charge >= 0.3 is 19.2 Å². The average Bonchev–Trinajstić information content (AvgIpc) is 3.28. The number of carbonyl (C=O) groups excluding carboxylic acids is 3. The molecule has 0 unspecified atom stereocenters.